The molecule has 0 aliphatic carbocycles. The van der Waals surface area contributed by atoms with Crippen LogP contribution in [-0.4, -0.2) is 28.9 Å². The molecular formula is C20H19F2N3O2S2. The third-order valence-corrected chi connectivity index (χ3v) is 6.60. The standard InChI is InChI=1S/C20H19F2N3O2S2/c1-2-12-25-18(13-15-6-4-3-5-7-15)23-24-20(25)28-14-16-8-10-17(11-9-16)29(26,27)19(21)22/h2-11,19H,1,12-14H2. The number of benzene rings is 2. The number of nitrogens with zero attached hydrogens (tertiary/aromatic N) is 3. The van der Waals surface area contributed by atoms with E-state index in [0.29, 0.717) is 23.9 Å². The summed E-state index contributed by atoms with van der Waals surface area (Å²) in [6, 6.07) is 15.4. The third-order valence-electron chi connectivity index (χ3n) is 4.16. The van der Waals surface area contributed by atoms with Gasteiger partial charge in [0.25, 0.3) is 0 Å². The Bertz CT molecular complexity index is 1070. The highest BCUT2D eigenvalue weighted by Crippen LogP contribution is 2.25. The van der Waals surface area contributed by atoms with Crippen molar-refractivity contribution in [1.29, 1.82) is 0 Å². The minimum atomic E-state index is -4.58. The molecule has 0 bridgehead atoms. The molecule has 0 spiro atoms. The largest absolute Gasteiger partial charge is 0.341 e. The van der Waals surface area contributed by atoms with E-state index >= 15 is 0 Å². The fraction of sp³-hybridized carbons (Fsp3) is 0.200. The second-order valence-corrected chi connectivity index (χ2v) is 9.06. The average Bonchev–Trinajstić information content (AvgIpc) is 3.09. The smallest absolute Gasteiger partial charge is 0.302 e. The van der Waals surface area contributed by atoms with Crippen LogP contribution in [0.25, 0.3) is 0 Å². The number of allylic oxidation sites excluding steroid dienone is 1. The van der Waals surface area contributed by atoms with Crippen LogP contribution < -0.4 is 0 Å². The number of hydrogen-bond acceptors (Lipinski definition) is 5. The number of hydrogen-bond donors (Lipinski definition) is 0. The van der Waals surface area contributed by atoms with E-state index in [1.165, 1.54) is 36.0 Å². The summed E-state index contributed by atoms with van der Waals surface area (Å²) in [5.74, 6) is -2.12. The first-order chi connectivity index (χ1) is 13.9. The van der Waals surface area contributed by atoms with Gasteiger partial charge in [0.1, 0.15) is 5.82 Å². The second kappa shape index (κ2) is 9.32. The molecule has 0 radical (unpaired) electrons. The summed E-state index contributed by atoms with van der Waals surface area (Å²) < 4.78 is 50.2. The minimum absolute atomic E-state index is 0.388. The number of aromatic nitrogens is 3. The molecule has 0 atom stereocenters. The zero-order valence-electron chi connectivity index (χ0n) is 15.4. The predicted octanol–water partition coefficient (Wildman–Crippen LogP) is 4.34. The van der Waals surface area contributed by atoms with E-state index in [0.717, 1.165) is 17.0 Å². The summed E-state index contributed by atoms with van der Waals surface area (Å²) in [5.41, 5.74) is 1.92. The van der Waals surface area contributed by atoms with Gasteiger partial charge in [-0.05, 0) is 23.3 Å². The number of alkyl halides is 2. The fourth-order valence-electron chi connectivity index (χ4n) is 2.67. The lowest BCUT2D eigenvalue weighted by molar-refractivity contribution is 0.234. The Kier molecular flexibility index (Phi) is 6.81. The first-order valence-electron chi connectivity index (χ1n) is 8.72. The van der Waals surface area contributed by atoms with Crippen LogP contribution >= 0.6 is 11.8 Å². The van der Waals surface area contributed by atoms with Crippen LogP contribution in [0, 0.1) is 0 Å². The third kappa shape index (κ3) is 5.10. The predicted molar refractivity (Wildman–Crippen MR) is 109 cm³/mol. The Morgan fingerprint density at radius 2 is 1.72 bits per heavy atom. The summed E-state index contributed by atoms with van der Waals surface area (Å²) >= 11 is 1.44. The molecular weight excluding hydrogens is 416 g/mol. The van der Waals surface area contributed by atoms with E-state index in [2.05, 4.69) is 16.8 Å². The molecule has 29 heavy (non-hydrogen) atoms. The van der Waals surface area contributed by atoms with Gasteiger partial charge in [0, 0.05) is 18.7 Å². The summed E-state index contributed by atoms with van der Waals surface area (Å²) in [5, 5.41) is 9.26. The van der Waals surface area contributed by atoms with Crippen molar-refractivity contribution in [3.63, 3.8) is 0 Å². The van der Waals surface area contributed by atoms with Gasteiger partial charge in [-0.25, -0.2) is 8.42 Å². The molecule has 0 N–H and O–H groups in total. The summed E-state index contributed by atoms with van der Waals surface area (Å²) in [6.45, 7) is 4.34. The molecule has 9 heteroatoms. The summed E-state index contributed by atoms with van der Waals surface area (Å²) in [4.78, 5) is -0.388. The average molecular weight is 436 g/mol. The molecule has 2 aromatic carbocycles. The van der Waals surface area contributed by atoms with Crippen LogP contribution in [0.15, 0.2) is 77.3 Å². The molecule has 1 heterocycles. The zero-order valence-corrected chi connectivity index (χ0v) is 17.0. The number of thioether (sulfide) groups is 1. The van der Waals surface area contributed by atoms with Gasteiger partial charge in [-0.2, -0.15) is 8.78 Å². The number of sulfone groups is 1. The number of halogens is 2. The van der Waals surface area contributed by atoms with Crippen molar-refractivity contribution in [1.82, 2.24) is 14.8 Å². The van der Waals surface area contributed by atoms with Crippen molar-refractivity contribution < 1.29 is 17.2 Å². The molecule has 0 unspecified atom stereocenters. The van der Waals surface area contributed by atoms with Crippen molar-refractivity contribution in [3.8, 4) is 0 Å². The molecule has 0 aliphatic heterocycles. The van der Waals surface area contributed by atoms with Crippen LogP contribution in [-0.2, 0) is 28.6 Å². The van der Waals surface area contributed by atoms with Gasteiger partial charge in [-0.3, -0.25) is 0 Å². The van der Waals surface area contributed by atoms with Gasteiger partial charge in [0.05, 0.1) is 4.90 Å². The minimum Gasteiger partial charge on any atom is -0.302 e. The van der Waals surface area contributed by atoms with E-state index in [1.54, 1.807) is 6.08 Å². The highest BCUT2D eigenvalue weighted by Gasteiger charge is 2.26. The molecule has 3 rings (SSSR count). The van der Waals surface area contributed by atoms with Crippen LogP contribution in [0.4, 0.5) is 8.78 Å². The van der Waals surface area contributed by atoms with Gasteiger partial charge in [0.15, 0.2) is 5.16 Å². The molecule has 5 nitrogen and oxygen atoms in total. The van der Waals surface area contributed by atoms with Crippen molar-refractivity contribution in [2.75, 3.05) is 0 Å². The maximum absolute atomic E-state index is 12.6. The second-order valence-electron chi connectivity index (χ2n) is 6.20. The summed E-state index contributed by atoms with van der Waals surface area (Å²) in [6.07, 6.45) is 2.41. The van der Waals surface area contributed by atoms with Gasteiger partial charge in [0.2, 0.25) is 9.84 Å². The lowest BCUT2D eigenvalue weighted by Gasteiger charge is -2.08. The first kappa shape index (κ1) is 21.2. The van der Waals surface area contributed by atoms with Crippen LogP contribution in [0.3, 0.4) is 0 Å². The molecule has 0 fully saturated rings. The molecule has 0 saturated heterocycles. The Morgan fingerprint density at radius 3 is 2.34 bits per heavy atom. The molecule has 0 amide bonds. The van der Waals surface area contributed by atoms with Crippen molar-refractivity contribution in [2.45, 2.75) is 34.5 Å². The fourth-order valence-corrected chi connectivity index (χ4v) is 4.32. The first-order valence-corrected chi connectivity index (χ1v) is 11.3. The SMILES string of the molecule is C=CCn1c(Cc2ccccc2)nnc1SCc1ccc(S(=O)(=O)C(F)F)cc1. The molecule has 1 aromatic heterocycles. The van der Waals surface area contributed by atoms with Gasteiger partial charge in [-0.15, -0.1) is 16.8 Å². The van der Waals surface area contributed by atoms with Gasteiger partial charge >= 0.3 is 5.76 Å². The van der Waals surface area contributed by atoms with Crippen molar-refractivity contribution >= 4 is 21.6 Å². The number of rotatable bonds is 9. The Balaban J connectivity index is 1.73. The Hall–Kier alpha value is -2.52. The van der Waals surface area contributed by atoms with E-state index in [9.17, 15) is 17.2 Å². The summed E-state index contributed by atoms with van der Waals surface area (Å²) in [7, 11) is -4.58. The van der Waals surface area contributed by atoms with Crippen LogP contribution in [0.2, 0.25) is 0 Å². The topological polar surface area (TPSA) is 64.8 Å². The van der Waals surface area contributed by atoms with Gasteiger partial charge in [-0.1, -0.05) is 60.3 Å². The van der Waals surface area contributed by atoms with E-state index < -0.39 is 15.6 Å². The lowest BCUT2D eigenvalue weighted by Crippen LogP contribution is -2.11. The molecule has 152 valence electrons. The van der Waals surface area contributed by atoms with Crippen LogP contribution in [0.1, 0.15) is 17.0 Å². The normalized spacial score (nSPS) is 11.7. The highest BCUT2D eigenvalue weighted by molar-refractivity contribution is 7.98. The maximum Gasteiger partial charge on any atom is 0.341 e. The zero-order chi connectivity index (χ0) is 20.9. The van der Waals surface area contributed by atoms with E-state index in [-0.39, 0.29) is 4.90 Å². The monoisotopic (exact) mass is 435 g/mol. The van der Waals surface area contributed by atoms with Crippen LogP contribution in [0.5, 0.6) is 0 Å². The van der Waals surface area contributed by atoms with Crippen molar-refractivity contribution in [3.05, 3.63) is 84.2 Å². The molecule has 3 aromatic rings. The Morgan fingerprint density at radius 1 is 1.03 bits per heavy atom. The van der Waals surface area contributed by atoms with Gasteiger partial charge < -0.3 is 4.57 Å². The highest BCUT2D eigenvalue weighted by atomic mass is 32.2. The molecule has 0 saturated carbocycles. The Labute approximate surface area is 172 Å². The molecule has 0 aliphatic rings. The van der Waals surface area contributed by atoms with E-state index in [4.69, 9.17) is 0 Å². The quantitative estimate of drug-likeness (QED) is 0.369. The van der Waals surface area contributed by atoms with Crippen molar-refractivity contribution in [2.24, 2.45) is 0 Å². The lowest BCUT2D eigenvalue weighted by atomic mass is 10.1. The van der Waals surface area contributed by atoms with E-state index in [1.807, 2.05) is 34.9 Å². The maximum atomic E-state index is 12.6.